The Morgan fingerprint density at radius 3 is 2.86 bits per heavy atom. The molecule has 6 heteroatoms. The number of carbonyl (C=O) groups excluding carboxylic acids is 1. The van der Waals surface area contributed by atoms with E-state index in [4.69, 9.17) is 5.73 Å². The third kappa shape index (κ3) is 5.05. The van der Waals surface area contributed by atoms with Crippen molar-refractivity contribution in [2.45, 2.75) is 51.9 Å². The normalized spacial score (nSPS) is 25.3. The Labute approximate surface area is 208 Å². The van der Waals surface area contributed by atoms with Gasteiger partial charge in [-0.15, -0.1) is 0 Å². The van der Waals surface area contributed by atoms with E-state index < -0.39 is 6.03 Å². The zero-order chi connectivity index (χ0) is 24.4. The maximum Gasteiger partial charge on any atom is 0.316 e. The Bertz CT molecular complexity index is 1230. The quantitative estimate of drug-likeness (QED) is 0.572. The van der Waals surface area contributed by atoms with E-state index in [-0.39, 0.29) is 0 Å². The molecule has 3 N–H and O–H groups in total. The number of urea groups is 1. The molecule has 5 rings (SSSR count). The van der Waals surface area contributed by atoms with E-state index >= 15 is 0 Å². The average molecular weight is 468 g/mol. The van der Waals surface area contributed by atoms with Crippen molar-refractivity contribution in [3.05, 3.63) is 82.7 Å². The van der Waals surface area contributed by atoms with Crippen LogP contribution in [-0.2, 0) is 0 Å². The van der Waals surface area contributed by atoms with E-state index in [9.17, 15) is 4.79 Å². The van der Waals surface area contributed by atoms with Crippen LogP contribution in [0.2, 0.25) is 0 Å². The van der Waals surface area contributed by atoms with Crippen LogP contribution in [0.25, 0.3) is 0 Å². The molecular formula is C29H33N5O. The lowest BCUT2D eigenvalue weighted by molar-refractivity contribution is 0.251. The number of carbonyl (C=O) groups is 1. The first kappa shape index (κ1) is 23.0. The molecule has 35 heavy (non-hydrogen) atoms. The van der Waals surface area contributed by atoms with Crippen molar-refractivity contribution < 1.29 is 4.79 Å². The number of hydrogen-bond acceptors (Lipinski definition) is 4. The van der Waals surface area contributed by atoms with E-state index in [0.717, 1.165) is 42.8 Å². The van der Waals surface area contributed by atoms with Crippen molar-refractivity contribution in [3.63, 3.8) is 0 Å². The van der Waals surface area contributed by atoms with Crippen LogP contribution in [0.3, 0.4) is 0 Å². The topological polar surface area (TPSA) is 74.0 Å². The van der Waals surface area contributed by atoms with Gasteiger partial charge in [0.25, 0.3) is 0 Å². The van der Waals surface area contributed by atoms with Crippen LogP contribution < -0.4 is 11.1 Å². The Morgan fingerprint density at radius 2 is 2.11 bits per heavy atom. The summed E-state index contributed by atoms with van der Waals surface area (Å²) in [7, 11) is 0. The van der Waals surface area contributed by atoms with Gasteiger partial charge in [-0.05, 0) is 86.1 Å². The monoisotopic (exact) mass is 467 g/mol. The molecule has 2 amide bonds. The number of amidine groups is 1. The SMILES string of the molecule is C=C1C=C(C)N2C(=N1)C(NC(N)=O)=CC1=C2CC#CC/C(C2=CCC(CN3C=CCCC3)CC2)=C\1. The number of primary amides is 1. The van der Waals surface area contributed by atoms with Crippen molar-refractivity contribution in [2.24, 2.45) is 16.6 Å². The van der Waals surface area contributed by atoms with E-state index in [1.54, 1.807) is 0 Å². The summed E-state index contributed by atoms with van der Waals surface area (Å²) >= 11 is 0. The summed E-state index contributed by atoms with van der Waals surface area (Å²) in [4.78, 5) is 20.9. The first-order chi connectivity index (χ1) is 17.0. The fraction of sp³-hybridized carbons (Fsp3) is 0.379. The molecule has 0 aromatic heterocycles. The fourth-order valence-corrected chi connectivity index (χ4v) is 5.46. The standard InChI is InChI=1S/C29H33N5O/c1-20-16-21(2)34-27-9-5-4-8-24(17-25(27)18-26(28(34)31-20)32-29(30)35)23-12-10-22(11-13-23)19-33-14-6-3-7-15-33/h6,12,14,16-18,22H,1,3,7-11,13,15,19H2,2H3,(H3,30,32,35)/b24-17+. The van der Waals surface area contributed by atoms with Gasteiger partial charge in [-0.3, -0.25) is 4.90 Å². The summed E-state index contributed by atoms with van der Waals surface area (Å²) in [6.07, 6.45) is 20.4. The minimum atomic E-state index is -0.611. The third-order valence-electron chi connectivity index (χ3n) is 7.14. The van der Waals surface area contributed by atoms with Crippen LogP contribution in [0.15, 0.2) is 87.7 Å². The number of fused-ring (bicyclic) bond motifs is 2. The van der Waals surface area contributed by atoms with E-state index in [2.05, 4.69) is 63.0 Å². The lowest BCUT2D eigenvalue weighted by Crippen LogP contribution is -2.42. The first-order valence-corrected chi connectivity index (χ1v) is 12.5. The van der Waals surface area contributed by atoms with Crippen molar-refractivity contribution in [1.29, 1.82) is 0 Å². The highest BCUT2D eigenvalue weighted by atomic mass is 16.2. The van der Waals surface area contributed by atoms with Crippen LogP contribution in [-0.4, -0.2) is 34.8 Å². The Balaban J connectivity index is 1.44. The number of rotatable bonds is 4. The van der Waals surface area contributed by atoms with Crippen LogP contribution in [0.5, 0.6) is 0 Å². The van der Waals surface area contributed by atoms with Crippen molar-refractivity contribution >= 4 is 11.9 Å². The molecule has 1 unspecified atom stereocenters. The minimum Gasteiger partial charge on any atom is -0.377 e. The summed E-state index contributed by atoms with van der Waals surface area (Å²) in [5.41, 5.74) is 12.5. The first-order valence-electron chi connectivity index (χ1n) is 12.5. The molecule has 3 heterocycles. The number of allylic oxidation sites excluding steroid dienone is 10. The molecule has 0 saturated carbocycles. The highest BCUT2D eigenvalue weighted by Gasteiger charge is 2.31. The van der Waals surface area contributed by atoms with Crippen molar-refractivity contribution in [2.75, 3.05) is 13.1 Å². The van der Waals surface area contributed by atoms with Gasteiger partial charge >= 0.3 is 6.03 Å². The third-order valence-corrected chi connectivity index (χ3v) is 7.14. The zero-order valence-corrected chi connectivity index (χ0v) is 20.4. The highest BCUT2D eigenvalue weighted by Crippen LogP contribution is 2.36. The van der Waals surface area contributed by atoms with Gasteiger partial charge in [0.1, 0.15) is 0 Å². The van der Waals surface area contributed by atoms with E-state index in [0.29, 0.717) is 29.6 Å². The van der Waals surface area contributed by atoms with Gasteiger partial charge in [-0.25, -0.2) is 9.79 Å². The molecule has 3 aliphatic heterocycles. The van der Waals surface area contributed by atoms with Gasteiger partial charge in [0.2, 0.25) is 0 Å². The molecule has 0 fully saturated rings. The molecule has 6 nitrogen and oxygen atoms in total. The number of nitrogens with two attached hydrogens (primary N) is 1. The second-order valence-electron chi connectivity index (χ2n) is 9.77. The Morgan fingerprint density at radius 1 is 1.26 bits per heavy atom. The van der Waals surface area contributed by atoms with Crippen LogP contribution in [0, 0.1) is 17.8 Å². The molecule has 0 aromatic carbocycles. The highest BCUT2D eigenvalue weighted by molar-refractivity contribution is 6.06. The molecule has 2 aliphatic carbocycles. The number of amides is 2. The molecule has 0 radical (unpaired) electrons. The van der Waals surface area contributed by atoms with Gasteiger partial charge in [0.15, 0.2) is 5.84 Å². The van der Waals surface area contributed by atoms with E-state index in [1.165, 1.54) is 37.0 Å². The van der Waals surface area contributed by atoms with Gasteiger partial charge < -0.3 is 16.0 Å². The van der Waals surface area contributed by atoms with Crippen LogP contribution >= 0.6 is 0 Å². The molecule has 180 valence electrons. The van der Waals surface area contributed by atoms with Gasteiger partial charge in [0, 0.05) is 30.9 Å². The number of hydrogen-bond donors (Lipinski definition) is 2. The predicted octanol–water partition coefficient (Wildman–Crippen LogP) is 5.00. The van der Waals surface area contributed by atoms with E-state index in [1.807, 2.05) is 19.1 Å². The smallest absolute Gasteiger partial charge is 0.316 e. The van der Waals surface area contributed by atoms with Gasteiger partial charge in [0.05, 0.1) is 17.8 Å². The second kappa shape index (κ2) is 9.87. The summed E-state index contributed by atoms with van der Waals surface area (Å²) in [5.74, 6) is 8.08. The number of aliphatic imine (C=N–C) groups is 1. The summed E-state index contributed by atoms with van der Waals surface area (Å²) in [6.45, 7) is 8.34. The molecule has 1 atom stereocenters. The predicted molar refractivity (Wildman–Crippen MR) is 140 cm³/mol. The molecular weight excluding hydrogens is 434 g/mol. The lowest BCUT2D eigenvalue weighted by atomic mass is 9.84. The summed E-state index contributed by atoms with van der Waals surface area (Å²) < 4.78 is 0. The van der Waals surface area contributed by atoms with Crippen molar-refractivity contribution in [1.82, 2.24) is 15.1 Å². The zero-order valence-electron chi connectivity index (χ0n) is 20.4. The number of nitrogens with one attached hydrogen (secondary N) is 1. The molecule has 0 aromatic rings. The maximum absolute atomic E-state index is 11.8. The van der Waals surface area contributed by atoms with Crippen molar-refractivity contribution in [3.8, 4) is 11.8 Å². The Kier molecular flexibility index (Phi) is 6.50. The summed E-state index contributed by atoms with van der Waals surface area (Å²) in [5, 5.41) is 2.76. The van der Waals surface area contributed by atoms with Gasteiger partial charge in [-0.1, -0.05) is 30.6 Å². The van der Waals surface area contributed by atoms with Crippen LogP contribution in [0.1, 0.15) is 51.9 Å². The lowest BCUT2D eigenvalue weighted by Gasteiger charge is -2.36. The molecule has 0 bridgehead atoms. The minimum absolute atomic E-state index is 0.584. The average Bonchev–Trinajstić information content (AvgIpc) is 2.81. The fourth-order valence-electron chi connectivity index (χ4n) is 5.46. The maximum atomic E-state index is 11.8. The molecule has 0 spiro atoms. The molecule has 5 aliphatic rings. The van der Waals surface area contributed by atoms with Gasteiger partial charge in [-0.2, -0.15) is 0 Å². The largest absolute Gasteiger partial charge is 0.377 e. The number of nitrogens with zero attached hydrogens (tertiary/aromatic N) is 3. The second-order valence-corrected chi connectivity index (χ2v) is 9.77. The molecule has 0 saturated heterocycles. The Hall–Kier alpha value is -3.72. The van der Waals surface area contributed by atoms with Crippen LogP contribution in [0.4, 0.5) is 4.79 Å². The summed E-state index contributed by atoms with van der Waals surface area (Å²) in [6, 6.07) is -0.611.